The van der Waals surface area contributed by atoms with Crippen LogP contribution < -0.4 is 0 Å². The van der Waals surface area contributed by atoms with Crippen LogP contribution in [0, 0.1) is 5.82 Å². The molecule has 0 N–H and O–H groups in total. The van der Waals surface area contributed by atoms with Gasteiger partial charge in [-0.25, -0.2) is 4.39 Å². The highest BCUT2D eigenvalue weighted by atomic mass is 19.1. The zero-order valence-electron chi connectivity index (χ0n) is 15.7. The van der Waals surface area contributed by atoms with Crippen LogP contribution in [-0.4, -0.2) is 33.1 Å². The molecule has 2 aromatic carbocycles. The fraction of sp³-hybridized carbons (Fsp3) is 0.217. The Balaban J connectivity index is 1.61. The fourth-order valence-electron chi connectivity index (χ4n) is 4.22. The molecule has 0 saturated heterocycles. The monoisotopic (exact) mass is 372 g/mol. The summed E-state index contributed by atoms with van der Waals surface area (Å²) >= 11 is 0. The van der Waals surface area contributed by atoms with Crippen LogP contribution >= 0.6 is 0 Å². The van der Waals surface area contributed by atoms with E-state index in [2.05, 4.69) is 46.4 Å². The van der Waals surface area contributed by atoms with Crippen LogP contribution in [0.2, 0.25) is 0 Å². The third kappa shape index (κ3) is 2.98. The summed E-state index contributed by atoms with van der Waals surface area (Å²) in [6, 6.07) is 17.8. The summed E-state index contributed by atoms with van der Waals surface area (Å²) in [5, 5.41) is 8.02. The van der Waals surface area contributed by atoms with Crippen molar-refractivity contribution in [3.63, 3.8) is 0 Å². The van der Waals surface area contributed by atoms with Gasteiger partial charge in [0, 0.05) is 18.7 Å². The Bertz CT molecular complexity index is 1150. The Morgan fingerprint density at radius 1 is 1.00 bits per heavy atom. The van der Waals surface area contributed by atoms with Crippen LogP contribution in [0.1, 0.15) is 29.0 Å². The second kappa shape index (κ2) is 6.84. The Hall–Kier alpha value is -3.05. The summed E-state index contributed by atoms with van der Waals surface area (Å²) in [7, 11) is 2.13. The van der Waals surface area contributed by atoms with Crippen LogP contribution in [0.5, 0.6) is 0 Å². The number of aromatic nitrogens is 3. The Labute approximate surface area is 163 Å². The fourth-order valence-corrected chi connectivity index (χ4v) is 4.22. The summed E-state index contributed by atoms with van der Waals surface area (Å²) < 4.78 is 16.5. The van der Waals surface area contributed by atoms with Gasteiger partial charge in [0.05, 0.1) is 0 Å². The molecule has 28 heavy (non-hydrogen) atoms. The zero-order valence-corrected chi connectivity index (χ0v) is 15.7. The van der Waals surface area contributed by atoms with E-state index in [1.807, 2.05) is 28.8 Å². The number of hydrogen-bond donors (Lipinski definition) is 0. The second-order valence-corrected chi connectivity index (χ2v) is 7.53. The van der Waals surface area contributed by atoms with Crippen molar-refractivity contribution in [3.05, 3.63) is 89.6 Å². The molecule has 0 spiro atoms. The minimum atomic E-state index is -0.120. The largest absolute Gasteiger partial charge is 0.302 e. The van der Waals surface area contributed by atoms with Gasteiger partial charge in [-0.2, -0.15) is 0 Å². The number of benzene rings is 2. The van der Waals surface area contributed by atoms with E-state index in [0.717, 1.165) is 41.8 Å². The maximum atomic E-state index is 14.5. The van der Waals surface area contributed by atoms with E-state index in [4.69, 9.17) is 0 Å². The van der Waals surface area contributed by atoms with E-state index in [9.17, 15) is 4.39 Å². The summed E-state index contributed by atoms with van der Waals surface area (Å²) in [6.07, 6.45) is 4.67. The van der Waals surface area contributed by atoms with E-state index < -0.39 is 0 Å². The number of nitrogens with zero attached hydrogens (tertiary/aromatic N) is 4. The first-order valence-electron chi connectivity index (χ1n) is 9.54. The van der Waals surface area contributed by atoms with Gasteiger partial charge in [0.25, 0.3) is 0 Å². The normalized spacial score (nSPS) is 17.4. The second-order valence-electron chi connectivity index (χ2n) is 7.53. The number of rotatable bonds is 2. The van der Waals surface area contributed by atoms with Crippen LogP contribution in [0.25, 0.3) is 16.8 Å². The van der Waals surface area contributed by atoms with E-state index >= 15 is 0 Å². The SMILES string of the molecule is CN1CCC(c2ccccc2F)c2ccc(-c3ccc4nncn4c3)cc2C1. The summed E-state index contributed by atoms with van der Waals surface area (Å²) in [4.78, 5) is 2.31. The van der Waals surface area contributed by atoms with Crippen molar-refractivity contribution in [1.29, 1.82) is 0 Å². The highest BCUT2D eigenvalue weighted by Gasteiger charge is 2.24. The van der Waals surface area contributed by atoms with Crippen molar-refractivity contribution in [3.8, 4) is 11.1 Å². The Morgan fingerprint density at radius 2 is 1.86 bits per heavy atom. The van der Waals surface area contributed by atoms with Crippen LogP contribution in [0.3, 0.4) is 0 Å². The van der Waals surface area contributed by atoms with E-state index in [0.29, 0.717) is 0 Å². The van der Waals surface area contributed by atoms with Gasteiger partial charge < -0.3 is 4.90 Å². The Kier molecular flexibility index (Phi) is 4.17. The molecule has 0 bridgehead atoms. The lowest BCUT2D eigenvalue weighted by atomic mass is 9.85. The maximum absolute atomic E-state index is 14.5. The molecule has 4 aromatic rings. The van der Waals surface area contributed by atoms with E-state index in [-0.39, 0.29) is 11.7 Å². The Morgan fingerprint density at radius 3 is 2.75 bits per heavy atom. The molecule has 5 rings (SSSR count). The number of hydrogen-bond acceptors (Lipinski definition) is 3. The molecule has 140 valence electrons. The molecule has 0 saturated carbocycles. The molecule has 2 aromatic heterocycles. The van der Waals surface area contributed by atoms with Crippen molar-refractivity contribution in [1.82, 2.24) is 19.5 Å². The predicted molar refractivity (Wildman–Crippen MR) is 108 cm³/mol. The van der Waals surface area contributed by atoms with E-state index in [1.54, 1.807) is 18.5 Å². The van der Waals surface area contributed by atoms with Gasteiger partial charge in [0.1, 0.15) is 12.1 Å². The van der Waals surface area contributed by atoms with Crippen molar-refractivity contribution in [2.75, 3.05) is 13.6 Å². The van der Waals surface area contributed by atoms with Crippen molar-refractivity contribution in [2.24, 2.45) is 0 Å². The molecule has 1 unspecified atom stereocenters. The molecule has 3 heterocycles. The number of pyridine rings is 1. The smallest absolute Gasteiger partial charge is 0.160 e. The first-order valence-corrected chi connectivity index (χ1v) is 9.54. The van der Waals surface area contributed by atoms with Gasteiger partial charge in [-0.15, -0.1) is 10.2 Å². The molecule has 0 fully saturated rings. The van der Waals surface area contributed by atoms with Crippen LogP contribution in [-0.2, 0) is 6.54 Å². The minimum Gasteiger partial charge on any atom is -0.302 e. The molecule has 0 amide bonds. The van der Waals surface area contributed by atoms with Gasteiger partial charge in [-0.05, 0) is 72.1 Å². The lowest BCUT2D eigenvalue weighted by Crippen LogP contribution is -2.17. The first kappa shape index (κ1) is 17.1. The van der Waals surface area contributed by atoms with Crippen molar-refractivity contribution in [2.45, 2.75) is 18.9 Å². The average molecular weight is 372 g/mol. The average Bonchev–Trinajstić information content (AvgIpc) is 3.11. The summed E-state index contributed by atoms with van der Waals surface area (Å²) in [5.74, 6) is -0.0410. The lowest BCUT2D eigenvalue weighted by molar-refractivity contribution is 0.328. The molecule has 1 atom stereocenters. The topological polar surface area (TPSA) is 33.4 Å². The molecule has 1 aliphatic heterocycles. The predicted octanol–water partition coefficient (Wildman–Crippen LogP) is 4.50. The molecule has 0 aliphatic carbocycles. The van der Waals surface area contributed by atoms with Gasteiger partial charge in [-0.3, -0.25) is 4.40 Å². The number of halogens is 1. The summed E-state index contributed by atoms with van der Waals surface area (Å²) in [6.45, 7) is 1.80. The summed E-state index contributed by atoms with van der Waals surface area (Å²) in [5.41, 5.74) is 6.37. The third-order valence-corrected chi connectivity index (χ3v) is 5.66. The van der Waals surface area contributed by atoms with Gasteiger partial charge in [-0.1, -0.05) is 30.3 Å². The zero-order chi connectivity index (χ0) is 19.1. The van der Waals surface area contributed by atoms with Crippen LogP contribution in [0.15, 0.2) is 67.1 Å². The molecule has 4 nitrogen and oxygen atoms in total. The third-order valence-electron chi connectivity index (χ3n) is 5.66. The van der Waals surface area contributed by atoms with Gasteiger partial charge in [0.15, 0.2) is 5.65 Å². The standard InChI is InChI=1S/C23H21FN4/c1-27-11-10-20(21-4-2-3-5-22(21)24)19-8-6-16(12-18(19)13-27)17-7-9-23-26-25-15-28(23)14-17/h2-9,12,14-15,20H,10-11,13H2,1H3. The van der Waals surface area contributed by atoms with Gasteiger partial charge in [0.2, 0.25) is 0 Å². The molecule has 1 aliphatic rings. The molecular weight excluding hydrogens is 351 g/mol. The molecule has 5 heteroatoms. The molecular formula is C23H21FN4. The van der Waals surface area contributed by atoms with Crippen molar-refractivity contribution < 1.29 is 4.39 Å². The van der Waals surface area contributed by atoms with Gasteiger partial charge >= 0.3 is 0 Å². The van der Waals surface area contributed by atoms with Crippen LogP contribution in [0.4, 0.5) is 4.39 Å². The number of fused-ring (bicyclic) bond motifs is 2. The highest BCUT2D eigenvalue weighted by molar-refractivity contribution is 5.66. The lowest BCUT2D eigenvalue weighted by Gasteiger charge is -2.19. The first-order chi connectivity index (χ1) is 13.7. The van der Waals surface area contributed by atoms with E-state index in [1.165, 1.54) is 11.1 Å². The highest BCUT2D eigenvalue weighted by Crippen LogP contribution is 2.36. The maximum Gasteiger partial charge on any atom is 0.160 e. The minimum absolute atomic E-state index is 0.0792. The van der Waals surface area contributed by atoms with Crippen molar-refractivity contribution >= 4 is 5.65 Å². The molecule has 0 radical (unpaired) electrons. The quantitative estimate of drug-likeness (QED) is 0.519.